The molecule has 0 spiro atoms. The number of aryl methyl sites for hydroxylation is 1. The van der Waals surface area contributed by atoms with Crippen LogP contribution >= 0.6 is 15.9 Å². The smallest absolute Gasteiger partial charge is 0.237 e. The average molecular weight is 297 g/mol. The first-order valence-corrected chi connectivity index (χ1v) is 6.29. The lowest BCUT2D eigenvalue weighted by Crippen LogP contribution is -2.41. The maximum Gasteiger partial charge on any atom is 0.237 e. The van der Waals surface area contributed by atoms with Crippen molar-refractivity contribution in [2.45, 2.75) is 18.9 Å². The number of amides is 1. The van der Waals surface area contributed by atoms with Gasteiger partial charge in [0.25, 0.3) is 0 Å². The fourth-order valence-corrected chi connectivity index (χ4v) is 1.55. The van der Waals surface area contributed by atoms with Crippen LogP contribution in [0, 0.1) is 0 Å². The minimum atomic E-state index is -0.470. The van der Waals surface area contributed by atoms with Crippen LogP contribution in [0.15, 0.2) is 41.4 Å². The molecular formula is C13H17BrN2O. The first kappa shape index (κ1) is 13.9. The van der Waals surface area contributed by atoms with Crippen molar-refractivity contribution in [1.29, 1.82) is 0 Å². The highest BCUT2D eigenvalue weighted by Gasteiger charge is 2.12. The van der Waals surface area contributed by atoms with Crippen molar-refractivity contribution in [2.24, 2.45) is 5.73 Å². The lowest BCUT2D eigenvalue weighted by molar-refractivity contribution is -0.122. The Morgan fingerprint density at radius 2 is 2.06 bits per heavy atom. The highest BCUT2D eigenvalue weighted by atomic mass is 79.9. The fraction of sp³-hybridized carbons (Fsp3) is 0.308. The van der Waals surface area contributed by atoms with Gasteiger partial charge in [0.15, 0.2) is 0 Å². The van der Waals surface area contributed by atoms with Crippen molar-refractivity contribution in [3.05, 3.63) is 47.0 Å². The molecule has 1 aromatic carbocycles. The van der Waals surface area contributed by atoms with Gasteiger partial charge in [0.2, 0.25) is 5.91 Å². The zero-order valence-corrected chi connectivity index (χ0v) is 11.2. The third kappa shape index (κ3) is 5.65. The molecule has 0 aliphatic rings. The Labute approximate surface area is 110 Å². The molecule has 0 aromatic heterocycles. The van der Waals surface area contributed by atoms with E-state index in [1.165, 1.54) is 5.56 Å². The number of rotatable bonds is 6. The van der Waals surface area contributed by atoms with Crippen LogP contribution < -0.4 is 11.1 Å². The zero-order chi connectivity index (χ0) is 12.7. The molecule has 0 saturated heterocycles. The molecule has 0 saturated carbocycles. The number of nitrogens with two attached hydrogens (primary N) is 1. The van der Waals surface area contributed by atoms with Crippen molar-refractivity contribution < 1.29 is 4.79 Å². The van der Waals surface area contributed by atoms with Crippen LogP contribution in [0.4, 0.5) is 0 Å². The Balaban J connectivity index is 2.31. The number of hydrogen-bond donors (Lipinski definition) is 2. The molecule has 0 bridgehead atoms. The van der Waals surface area contributed by atoms with E-state index in [0.29, 0.717) is 13.0 Å². The molecule has 3 nitrogen and oxygen atoms in total. The van der Waals surface area contributed by atoms with E-state index >= 15 is 0 Å². The van der Waals surface area contributed by atoms with Gasteiger partial charge in [0.1, 0.15) is 0 Å². The van der Waals surface area contributed by atoms with Gasteiger partial charge in [-0.3, -0.25) is 4.79 Å². The Bertz CT molecular complexity index is 378. The van der Waals surface area contributed by atoms with Crippen molar-refractivity contribution in [2.75, 3.05) is 6.54 Å². The number of benzene rings is 1. The number of carbonyl (C=O) groups is 1. The van der Waals surface area contributed by atoms with Crippen molar-refractivity contribution in [1.82, 2.24) is 5.32 Å². The summed E-state index contributed by atoms with van der Waals surface area (Å²) in [6, 6.07) is 9.53. The van der Waals surface area contributed by atoms with Crippen LogP contribution in [-0.4, -0.2) is 18.5 Å². The fourth-order valence-electron chi connectivity index (χ4n) is 1.41. The standard InChI is InChI=1S/C13H17BrN2O/c1-10(14)9-16-13(17)12(15)8-7-11-5-3-2-4-6-11/h2-6,12H,1,7-9,15H2,(H,16,17). The van der Waals surface area contributed by atoms with E-state index in [-0.39, 0.29) is 5.91 Å². The third-order valence-corrected chi connectivity index (χ3v) is 2.66. The third-order valence-electron chi connectivity index (χ3n) is 2.38. The molecule has 0 aliphatic carbocycles. The molecule has 92 valence electrons. The summed E-state index contributed by atoms with van der Waals surface area (Å²) in [4.78, 5) is 11.6. The summed E-state index contributed by atoms with van der Waals surface area (Å²) < 4.78 is 0.737. The topological polar surface area (TPSA) is 55.1 Å². The molecular weight excluding hydrogens is 280 g/mol. The molecule has 0 radical (unpaired) electrons. The molecule has 0 heterocycles. The van der Waals surface area contributed by atoms with Gasteiger partial charge < -0.3 is 11.1 Å². The second-order valence-electron chi connectivity index (χ2n) is 3.87. The molecule has 0 aliphatic heterocycles. The number of hydrogen-bond acceptors (Lipinski definition) is 2. The summed E-state index contributed by atoms with van der Waals surface area (Å²) in [6.07, 6.45) is 1.45. The van der Waals surface area contributed by atoms with Crippen LogP contribution in [-0.2, 0) is 11.2 Å². The summed E-state index contributed by atoms with van der Waals surface area (Å²) >= 11 is 3.18. The summed E-state index contributed by atoms with van der Waals surface area (Å²) in [5.41, 5.74) is 6.99. The van der Waals surface area contributed by atoms with Gasteiger partial charge in [-0.05, 0) is 18.4 Å². The quantitative estimate of drug-likeness (QED) is 0.843. The Morgan fingerprint density at radius 3 is 2.65 bits per heavy atom. The molecule has 17 heavy (non-hydrogen) atoms. The first-order chi connectivity index (χ1) is 8.09. The highest BCUT2D eigenvalue weighted by Crippen LogP contribution is 2.04. The molecule has 1 rings (SSSR count). The van der Waals surface area contributed by atoms with E-state index in [1.807, 2.05) is 30.3 Å². The number of carbonyl (C=O) groups excluding carboxylic acids is 1. The van der Waals surface area contributed by atoms with E-state index in [4.69, 9.17) is 5.73 Å². The van der Waals surface area contributed by atoms with Gasteiger partial charge in [0.05, 0.1) is 6.04 Å². The molecule has 1 unspecified atom stereocenters. The van der Waals surface area contributed by atoms with Crippen molar-refractivity contribution in [3.8, 4) is 0 Å². The predicted molar refractivity (Wildman–Crippen MR) is 73.8 cm³/mol. The minimum absolute atomic E-state index is 0.137. The molecule has 4 heteroatoms. The van der Waals surface area contributed by atoms with Crippen LogP contribution in [0.25, 0.3) is 0 Å². The van der Waals surface area contributed by atoms with Crippen molar-refractivity contribution >= 4 is 21.8 Å². The lowest BCUT2D eigenvalue weighted by atomic mass is 10.1. The number of halogens is 1. The second kappa shape index (κ2) is 7.25. The van der Waals surface area contributed by atoms with E-state index in [1.54, 1.807) is 0 Å². The Hall–Kier alpha value is -1.13. The molecule has 0 fully saturated rings. The van der Waals surface area contributed by atoms with Crippen LogP contribution in [0.1, 0.15) is 12.0 Å². The maximum atomic E-state index is 11.6. The number of nitrogens with one attached hydrogen (secondary N) is 1. The largest absolute Gasteiger partial charge is 0.350 e. The lowest BCUT2D eigenvalue weighted by Gasteiger charge is -2.11. The van der Waals surface area contributed by atoms with E-state index in [2.05, 4.69) is 27.8 Å². The zero-order valence-electron chi connectivity index (χ0n) is 9.66. The Kier molecular flexibility index (Phi) is 5.94. The molecule has 1 aromatic rings. The van der Waals surface area contributed by atoms with Gasteiger partial charge >= 0.3 is 0 Å². The van der Waals surface area contributed by atoms with E-state index in [9.17, 15) is 4.79 Å². The van der Waals surface area contributed by atoms with Gasteiger partial charge in [-0.25, -0.2) is 0 Å². The summed E-state index contributed by atoms with van der Waals surface area (Å²) in [5, 5.41) is 2.71. The summed E-state index contributed by atoms with van der Waals surface area (Å²) in [6.45, 7) is 4.06. The van der Waals surface area contributed by atoms with Crippen LogP contribution in [0.2, 0.25) is 0 Å². The molecule has 1 amide bonds. The minimum Gasteiger partial charge on any atom is -0.350 e. The normalized spacial score (nSPS) is 11.9. The highest BCUT2D eigenvalue weighted by molar-refractivity contribution is 9.11. The van der Waals surface area contributed by atoms with E-state index in [0.717, 1.165) is 10.9 Å². The van der Waals surface area contributed by atoms with Gasteiger partial charge in [-0.2, -0.15) is 0 Å². The SMILES string of the molecule is C=C(Br)CNC(=O)C(N)CCc1ccccc1. The maximum absolute atomic E-state index is 11.6. The van der Waals surface area contributed by atoms with Gasteiger partial charge in [-0.15, -0.1) is 0 Å². The average Bonchev–Trinajstić information content (AvgIpc) is 2.34. The monoisotopic (exact) mass is 296 g/mol. The Morgan fingerprint density at radius 1 is 1.41 bits per heavy atom. The summed E-state index contributed by atoms with van der Waals surface area (Å²) in [5.74, 6) is -0.137. The van der Waals surface area contributed by atoms with Crippen LogP contribution in [0.3, 0.4) is 0 Å². The first-order valence-electron chi connectivity index (χ1n) is 5.50. The molecule has 1 atom stereocenters. The van der Waals surface area contributed by atoms with Crippen molar-refractivity contribution in [3.63, 3.8) is 0 Å². The van der Waals surface area contributed by atoms with Gasteiger partial charge in [0, 0.05) is 11.0 Å². The van der Waals surface area contributed by atoms with Gasteiger partial charge in [-0.1, -0.05) is 52.8 Å². The second-order valence-corrected chi connectivity index (χ2v) is 4.99. The predicted octanol–water partition coefficient (Wildman–Crippen LogP) is 1.97. The molecule has 3 N–H and O–H groups in total. The van der Waals surface area contributed by atoms with Crippen LogP contribution in [0.5, 0.6) is 0 Å². The van der Waals surface area contributed by atoms with E-state index < -0.39 is 6.04 Å². The summed E-state index contributed by atoms with van der Waals surface area (Å²) in [7, 11) is 0.